The van der Waals surface area contributed by atoms with Gasteiger partial charge in [-0.15, -0.1) is 0 Å². The van der Waals surface area contributed by atoms with Crippen molar-refractivity contribution < 1.29 is 27.2 Å². The highest BCUT2D eigenvalue weighted by Crippen LogP contribution is 2.34. The lowest BCUT2D eigenvalue weighted by molar-refractivity contribution is -0.137. The van der Waals surface area contributed by atoms with Gasteiger partial charge >= 0.3 is 6.18 Å². The summed E-state index contributed by atoms with van der Waals surface area (Å²) in [6, 6.07) is 4.22. The van der Waals surface area contributed by atoms with E-state index in [1.54, 1.807) is 0 Å². The van der Waals surface area contributed by atoms with Crippen LogP contribution in [0, 0.1) is 0 Å². The Balaban J connectivity index is 1.77. The minimum Gasteiger partial charge on any atom is -0.381 e. The second-order valence-electron chi connectivity index (χ2n) is 5.61. The van der Waals surface area contributed by atoms with E-state index in [2.05, 4.69) is 10.5 Å². The van der Waals surface area contributed by atoms with E-state index in [0.29, 0.717) is 31.6 Å². The monoisotopic (exact) mass is 374 g/mol. The molecule has 2 aromatic rings. The molecule has 134 valence electrons. The van der Waals surface area contributed by atoms with Crippen molar-refractivity contribution in [2.24, 2.45) is 0 Å². The number of benzene rings is 1. The molecule has 25 heavy (non-hydrogen) atoms. The number of nitrogens with one attached hydrogen (secondary N) is 1. The summed E-state index contributed by atoms with van der Waals surface area (Å²) in [4.78, 5) is 12.3. The minimum atomic E-state index is -4.43. The largest absolute Gasteiger partial charge is 0.416 e. The zero-order valence-corrected chi connectivity index (χ0v) is 13.7. The van der Waals surface area contributed by atoms with Crippen LogP contribution in [0.25, 0.3) is 11.3 Å². The Bertz CT molecular complexity index is 753. The average Bonchev–Trinajstić information content (AvgIpc) is 2.97. The predicted octanol–water partition coefficient (Wildman–Crippen LogP) is 3.92. The van der Waals surface area contributed by atoms with E-state index in [0.717, 1.165) is 12.1 Å². The molecule has 1 saturated heterocycles. The van der Waals surface area contributed by atoms with Gasteiger partial charge in [-0.3, -0.25) is 4.79 Å². The van der Waals surface area contributed by atoms with Crippen molar-refractivity contribution in [1.29, 1.82) is 0 Å². The van der Waals surface area contributed by atoms with E-state index in [4.69, 9.17) is 20.9 Å². The van der Waals surface area contributed by atoms with E-state index in [1.165, 1.54) is 12.1 Å². The minimum absolute atomic E-state index is 0.0377. The normalized spacial score (nSPS) is 16.0. The van der Waals surface area contributed by atoms with Crippen LogP contribution < -0.4 is 5.32 Å². The third-order valence-corrected chi connectivity index (χ3v) is 4.23. The summed E-state index contributed by atoms with van der Waals surface area (Å²) in [5.74, 6) is -0.439. The Labute approximate surface area is 146 Å². The SMILES string of the molecule is O=C(NC1CCOCC1)c1noc(-c2ccc(C(F)(F)F)cc2)c1Cl. The number of rotatable bonds is 3. The molecule has 1 aliphatic rings. The summed E-state index contributed by atoms with van der Waals surface area (Å²) in [5.41, 5.74) is -0.581. The maximum absolute atomic E-state index is 12.6. The molecule has 0 atom stereocenters. The molecule has 1 N–H and O–H groups in total. The number of amides is 1. The van der Waals surface area contributed by atoms with Crippen molar-refractivity contribution in [2.75, 3.05) is 13.2 Å². The smallest absolute Gasteiger partial charge is 0.381 e. The van der Waals surface area contributed by atoms with E-state index in [9.17, 15) is 18.0 Å². The van der Waals surface area contributed by atoms with Crippen LogP contribution in [0.1, 0.15) is 28.9 Å². The van der Waals surface area contributed by atoms with E-state index in [-0.39, 0.29) is 22.5 Å². The van der Waals surface area contributed by atoms with Gasteiger partial charge in [0.2, 0.25) is 0 Å². The van der Waals surface area contributed by atoms with Gasteiger partial charge in [-0.1, -0.05) is 28.9 Å². The number of hydrogen-bond acceptors (Lipinski definition) is 4. The second-order valence-corrected chi connectivity index (χ2v) is 5.99. The molecule has 0 saturated carbocycles. The second kappa shape index (κ2) is 7.05. The van der Waals surface area contributed by atoms with Crippen LogP contribution in [0.4, 0.5) is 13.2 Å². The number of carbonyl (C=O) groups excluding carboxylic acids is 1. The molecule has 0 unspecified atom stereocenters. The topological polar surface area (TPSA) is 64.4 Å². The van der Waals surface area contributed by atoms with E-state index >= 15 is 0 Å². The number of alkyl halides is 3. The van der Waals surface area contributed by atoms with E-state index in [1.807, 2.05) is 0 Å². The van der Waals surface area contributed by atoms with Crippen LogP contribution >= 0.6 is 11.6 Å². The van der Waals surface area contributed by atoms with Crippen molar-refractivity contribution in [3.63, 3.8) is 0 Å². The number of halogens is 4. The zero-order valence-electron chi connectivity index (χ0n) is 12.9. The first kappa shape index (κ1) is 17.8. The standard InChI is InChI=1S/C16H14ClF3N2O3/c17-12-13(15(23)21-11-5-7-24-8-6-11)22-25-14(12)9-1-3-10(4-2-9)16(18,19)20/h1-4,11H,5-8H2,(H,21,23). The Morgan fingerprint density at radius 3 is 2.44 bits per heavy atom. The Morgan fingerprint density at radius 1 is 1.20 bits per heavy atom. The molecular weight excluding hydrogens is 361 g/mol. The third-order valence-electron chi connectivity index (χ3n) is 3.88. The Hall–Kier alpha value is -2.06. The van der Waals surface area contributed by atoms with Crippen molar-refractivity contribution in [3.8, 4) is 11.3 Å². The molecule has 9 heteroatoms. The van der Waals surface area contributed by atoms with Crippen molar-refractivity contribution in [2.45, 2.75) is 25.1 Å². The highest BCUT2D eigenvalue weighted by atomic mass is 35.5. The molecule has 0 bridgehead atoms. The molecule has 3 rings (SSSR count). The van der Waals surface area contributed by atoms with Gasteiger partial charge in [0, 0.05) is 24.8 Å². The maximum atomic E-state index is 12.6. The molecule has 1 amide bonds. The van der Waals surface area contributed by atoms with Gasteiger partial charge in [-0.05, 0) is 25.0 Å². The summed E-state index contributed by atoms with van der Waals surface area (Å²) in [7, 11) is 0. The van der Waals surface area contributed by atoms with Gasteiger partial charge in [-0.25, -0.2) is 0 Å². The molecule has 0 radical (unpaired) electrons. The number of carbonyl (C=O) groups is 1. The van der Waals surface area contributed by atoms with Gasteiger partial charge in [0.15, 0.2) is 11.5 Å². The summed E-state index contributed by atoms with van der Waals surface area (Å²) in [6.45, 7) is 1.13. The molecule has 1 aromatic carbocycles. The van der Waals surface area contributed by atoms with Gasteiger partial charge in [0.05, 0.1) is 5.56 Å². The number of nitrogens with zero attached hydrogens (tertiary/aromatic N) is 1. The lowest BCUT2D eigenvalue weighted by atomic mass is 10.1. The number of hydrogen-bond donors (Lipinski definition) is 1. The first-order valence-corrected chi connectivity index (χ1v) is 7.95. The van der Waals surface area contributed by atoms with Crippen molar-refractivity contribution >= 4 is 17.5 Å². The lowest BCUT2D eigenvalue weighted by Crippen LogP contribution is -2.39. The average molecular weight is 375 g/mol. The summed E-state index contributed by atoms with van der Waals surface area (Å²) >= 11 is 6.14. The molecule has 5 nitrogen and oxygen atoms in total. The highest BCUT2D eigenvalue weighted by molar-refractivity contribution is 6.35. The van der Waals surface area contributed by atoms with Gasteiger partial charge in [-0.2, -0.15) is 13.2 Å². The zero-order chi connectivity index (χ0) is 18.0. The summed E-state index contributed by atoms with van der Waals surface area (Å²) in [6.07, 6.45) is -3.06. The predicted molar refractivity (Wildman–Crippen MR) is 83.3 cm³/mol. The fourth-order valence-electron chi connectivity index (χ4n) is 2.51. The Kier molecular flexibility index (Phi) is 5.01. The quantitative estimate of drug-likeness (QED) is 0.884. The number of aromatic nitrogens is 1. The highest BCUT2D eigenvalue weighted by Gasteiger charge is 2.30. The van der Waals surface area contributed by atoms with Crippen LogP contribution in [0.5, 0.6) is 0 Å². The van der Waals surface area contributed by atoms with Crippen LogP contribution in [0.15, 0.2) is 28.8 Å². The molecule has 0 spiro atoms. The van der Waals surface area contributed by atoms with Gasteiger partial charge in [0.25, 0.3) is 5.91 Å². The molecule has 0 aliphatic carbocycles. The molecule has 1 fully saturated rings. The molecule has 1 aromatic heterocycles. The third kappa shape index (κ3) is 3.96. The number of ether oxygens (including phenoxy) is 1. The van der Waals surface area contributed by atoms with Crippen LogP contribution in [-0.4, -0.2) is 30.3 Å². The lowest BCUT2D eigenvalue weighted by Gasteiger charge is -2.22. The first-order valence-electron chi connectivity index (χ1n) is 7.57. The molecule has 1 aliphatic heterocycles. The molecular formula is C16H14ClF3N2O3. The van der Waals surface area contributed by atoms with E-state index < -0.39 is 17.6 Å². The fourth-order valence-corrected chi connectivity index (χ4v) is 2.77. The fraction of sp³-hybridized carbons (Fsp3) is 0.375. The van der Waals surface area contributed by atoms with Crippen molar-refractivity contribution in [3.05, 3.63) is 40.5 Å². The molecule has 2 heterocycles. The summed E-state index contributed by atoms with van der Waals surface area (Å²) in [5, 5.41) is 6.41. The Morgan fingerprint density at radius 2 is 1.84 bits per heavy atom. The van der Waals surface area contributed by atoms with Gasteiger partial charge < -0.3 is 14.6 Å². The van der Waals surface area contributed by atoms with Crippen LogP contribution in [0.2, 0.25) is 5.02 Å². The first-order chi connectivity index (χ1) is 11.9. The van der Waals surface area contributed by atoms with Crippen molar-refractivity contribution in [1.82, 2.24) is 10.5 Å². The summed E-state index contributed by atoms with van der Waals surface area (Å²) < 4.78 is 48.1. The van der Waals surface area contributed by atoms with Crippen LogP contribution in [-0.2, 0) is 10.9 Å². The van der Waals surface area contributed by atoms with Crippen LogP contribution in [0.3, 0.4) is 0 Å². The van der Waals surface area contributed by atoms with Gasteiger partial charge in [0.1, 0.15) is 5.02 Å². The maximum Gasteiger partial charge on any atom is 0.416 e.